The van der Waals surface area contributed by atoms with Gasteiger partial charge in [0, 0.05) is 6.04 Å². The molecule has 14 heavy (non-hydrogen) atoms. The number of esters is 1. The van der Waals surface area contributed by atoms with Crippen molar-refractivity contribution in [3.63, 3.8) is 0 Å². The second-order valence-electron chi connectivity index (χ2n) is 3.07. The highest BCUT2D eigenvalue weighted by atomic mass is 19.3. The van der Waals surface area contributed by atoms with Gasteiger partial charge in [0.05, 0.1) is 32.8 Å². The molecule has 1 fully saturated rings. The van der Waals surface area contributed by atoms with Crippen LogP contribution in [0.4, 0.5) is 8.78 Å². The van der Waals surface area contributed by atoms with E-state index in [2.05, 4.69) is 10.1 Å². The van der Waals surface area contributed by atoms with Crippen LogP contribution in [-0.4, -0.2) is 45.3 Å². The van der Waals surface area contributed by atoms with Gasteiger partial charge in [0.15, 0.2) is 0 Å². The number of alkyl halides is 2. The molecule has 0 spiro atoms. The minimum Gasteiger partial charge on any atom is -0.469 e. The van der Waals surface area contributed by atoms with Gasteiger partial charge in [-0.2, -0.15) is 0 Å². The van der Waals surface area contributed by atoms with Crippen molar-refractivity contribution in [3.8, 4) is 0 Å². The summed E-state index contributed by atoms with van der Waals surface area (Å²) in [6.45, 7) is 0.0710. The molecule has 1 saturated heterocycles. The lowest BCUT2D eigenvalue weighted by Crippen LogP contribution is -2.41. The van der Waals surface area contributed by atoms with Crippen LogP contribution in [0.15, 0.2) is 0 Å². The molecule has 1 heterocycles. The van der Waals surface area contributed by atoms with Crippen molar-refractivity contribution in [2.45, 2.75) is 12.5 Å². The fourth-order valence-electron chi connectivity index (χ4n) is 1.38. The molecule has 0 amide bonds. The molecule has 0 aromatic heterocycles. The minimum absolute atomic E-state index is 0.230. The number of halogens is 2. The summed E-state index contributed by atoms with van der Waals surface area (Å²) in [6, 6.07) is -0.364. The Labute approximate surface area is 80.6 Å². The molecule has 1 aliphatic rings. The van der Waals surface area contributed by atoms with Crippen molar-refractivity contribution < 1.29 is 23.0 Å². The van der Waals surface area contributed by atoms with Gasteiger partial charge in [-0.05, 0) is 0 Å². The normalized spacial score (nSPS) is 26.9. The van der Waals surface area contributed by atoms with Gasteiger partial charge in [-0.25, -0.2) is 8.78 Å². The average molecular weight is 209 g/mol. The molecule has 0 aromatic carbocycles. The fraction of sp³-hybridized carbons (Fsp3) is 0.875. The van der Waals surface area contributed by atoms with Crippen LogP contribution in [-0.2, 0) is 14.3 Å². The fourth-order valence-corrected chi connectivity index (χ4v) is 1.38. The molecular formula is C8H13F2NO3. The standard InChI is InChI=1S/C8H13F2NO3/c1-13-8(12)5-3-14-4-6(5)11-2-7(9)10/h5-7,11H,2-4H2,1H3. The first-order valence-electron chi connectivity index (χ1n) is 4.32. The van der Waals surface area contributed by atoms with Gasteiger partial charge >= 0.3 is 5.97 Å². The third-order valence-electron chi connectivity index (χ3n) is 2.12. The van der Waals surface area contributed by atoms with Gasteiger partial charge in [-0.15, -0.1) is 0 Å². The quantitative estimate of drug-likeness (QED) is 0.663. The lowest BCUT2D eigenvalue weighted by Gasteiger charge is -2.16. The first kappa shape index (κ1) is 11.3. The van der Waals surface area contributed by atoms with Gasteiger partial charge < -0.3 is 14.8 Å². The van der Waals surface area contributed by atoms with Crippen LogP contribution < -0.4 is 5.32 Å². The summed E-state index contributed by atoms with van der Waals surface area (Å²) in [5, 5.41) is 2.57. The molecule has 6 heteroatoms. The summed E-state index contributed by atoms with van der Waals surface area (Å²) >= 11 is 0. The van der Waals surface area contributed by atoms with Crippen molar-refractivity contribution in [1.82, 2.24) is 5.32 Å². The van der Waals surface area contributed by atoms with E-state index in [0.717, 1.165) is 0 Å². The summed E-state index contributed by atoms with van der Waals surface area (Å²) in [6.07, 6.45) is -2.42. The monoisotopic (exact) mass is 209 g/mol. The maximum absolute atomic E-state index is 11.9. The van der Waals surface area contributed by atoms with Crippen LogP contribution in [0, 0.1) is 5.92 Å². The Hall–Kier alpha value is -0.750. The topological polar surface area (TPSA) is 47.6 Å². The van der Waals surface area contributed by atoms with E-state index < -0.39 is 24.9 Å². The van der Waals surface area contributed by atoms with Crippen LogP contribution in [0.2, 0.25) is 0 Å². The minimum atomic E-state index is -2.42. The maximum atomic E-state index is 11.9. The summed E-state index contributed by atoms with van der Waals surface area (Å²) in [5.41, 5.74) is 0. The average Bonchev–Trinajstić information content (AvgIpc) is 2.61. The molecule has 1 aliphatic heterocycles. The highest BCUT2D eigenvalue weighted by Gasteiger charge is 2.34. The Morgan fingerprint density at radius 3 is 2.93 bits per heavy atom. The predicted octanol–water partition coefficient (Wildman–Crippen LogP) is 0.0291. The second-order valence-corrected chi connectivity index (χ2v) is 3.07. The first-order valence-corrected chi connectivity index (χ1v) is 4.32. The van der Waals surface area contributed by atoms with Crippen molar-refractivity contribution in [2.75, 3.05) is 26.9 Å². The number of hydrogen-bond acceptors (Lipinski definition) is 4. The van der Waals surface area contributed by atoms with Gasteiger partial charge in [0.25, 0.3) is 6.43 Å². The predicted molar refractivity (Wildman–Crippen MR) is 44.1 cm³/mol. The number of rotatable bonds is 4. The number of ether oxygens (including phenoxy) is 2. The van der Waals surface area contributed by atoms with Gasteiger partial charge in [0.1, 0.15) is 0 Å². The highest BCUT2D eigenvalue weighted by molar-refractivity contribution is 5.73. The second kappa shape index (κ2) is 5.21. The van der Waals surface area contributed by atoms with Crippen molar-refractivity contribution in [2.24, 2.45) is 5.92 Å². The summed E-state index contributed by atoms with van der Waals surface area (Å²) in [4.78, 5) is 11.1. The molecule has 0 bridgehead atoms. The van der Waals surface area contributed by atoms with Gasteiger partial charge in [-0.1, -0.05) is 0 Å². The van der Waals surface area contributed by atoms with Crippen molar-refractivity contribution in [1.29, 1.82) is 0 Å². The third-order valence-corrected chi connectivity index (χ3v) is 2.12. The first-order chi connectivity index (χ1) is 6.65. The van der Waals surface area contributed by atoms with E-state index >= 15 is 0 Å². The van der Waals surface area contributed by atoms with E-state index in [1.165, 1.54) is 7.11 Å². The molecule has 0 aromatic rings. The molecule has 0 radical (unpaired) electrons. The molecule has 82 valence electrons. The number of carbonyl (C=O) groups excluding carboxylic acids is 1. The zero-order valence-electron chi connectivity index (χ0n) is 7.83. The Balaban J connectivity index is 2.39. The Morgan fingerprint density at radius 2 is 2.36 bits per heavy atom. The van der Waals surface area contributed by atoms with Crippen LogP contribution in [0.25, 0.3) is 0 Å². The van der Waals surface area contributed by atoms with E-state index in [0.29, 0.717) is 0 Å². The van der Waals surface area contributed by atoms with E-state index in [-0.39, 0.29) is 19.3 Å². The van der Waals surface area contributed by atoms with E-state index in [1.54, 1.807) is 0 Å². The van der Waals surface area contributed by atoms with Crippen LogP contribution in [0.3, 0.4) is 0 Å². The smallest absolute Gasteiger partial charge is 0.312 e. The summed E-state index contributed by atoms with van der Waals surface area (Å²) < 4.78 is 33.3. The number of hydrogen-bond donors (Lipinski definition) is 1. The Bertz CT molecular complexity index is 201. The van der Waals surface area contributed by atoms with Gasteiger partial charge in [-0.3, -0.25) is 4.79 Å². The highest BCUT2D eigenvalue weighted by Crippen LogP contribution is 2.15. The Morgan fingerprint density at radius 1 is 1.64 bits per heavy atom. The molecule has 4 nitrogen and oxygen atoms in total. The van der Waals surface area contributed by atoms with Crippen molar-refractivity contribution in [3.05, 3.63) is 0 Å². The third kappa shape index (κ3) is 2.88. The molecule has 1 rings (SSSR count). The zero-order chi connectivity index (χ0) is 10.6. The lowest BCUT2D eigenvalue weighted by atomic mass is 10.0. The Kier molecular flexibility index (Phi) is 4.21. The van der Waals surface area contributed by atoms with Gasteiger partial charge in [0.2, 0.25) is 0 Å². The molecule has 1 N–H and O–H groups in total. The van der Waals surface area contributed by atoms with Crippen LogP contribution in [0.5, 0.6) is 0 Å². The molecule has 0 saturated carbocycles. The van der Waals surface area contributed by atoms with Crippen LogP contribution >= 0.6 is 0 Å². The van der Waals surface area contributed by atoms with E-state index in [9.17, 15) is 13.6 Å². The number of carbonyl (C=O) groups is 1. The van der Waals surface area contributed by atoms with E-state index in [1.807, 2.05) is 0 Å². The van der Waals surface area contributed by atoms with Crippen molar-refractivity contribution >= 4 is 5.97 Å². The molecule has 0 aliphatic carbocycles. The number of nitrogens with one attached hydrogen (secondary N) is 1. The SMILES string of the molecule is COC(=O)C1COCC1NCC(F)F. The van der Waals surface area contributed by atoms with Crippen LogP contribution in [0.1, 0.15) is 0 Å². The number of methoxy groups -OCH3 is 1. The largest absolute Gasteiger partial charge is 0.469 e. The summed E-state index contributed by atoms with van der Waals surface area (Å²) in [7, 11) is 1.27. The van der Waals surface area contributed by atoms with E-state index in [4.69, 9.17) is 4.74 Å². The molecule has 2 unspecified atom stereocenters. The lowest BCUT2D eigenvalue weighted by molar-refractivity contribution is -0.145. The summed E-state index contributed by atoms with van der Waals surface area (Å²) in [5.74, 6) is -0.895. The maximum Gasteiger partial charge on any atom is 0.312 e. The molecular weight excluding hydrogens is 196 g/mol. The zero-order valence-corrected chi connectivity index (χ0v) is 7.83. The molecule has 2 atom stereocenters.